The Hall–Kier alpha value is -0.610. The molecule has 0 spiro atoms. The summed E-state index contributed by atoms with van der Waals surface area (Å²) in [5.41, 5.74) is 13.8. The number of nitrogens with two attached hydrogens (primary N) is 2. The SMILES string of the molecule is Cc1nc(N)c([C@H](N)C2CC2)cc1Br. The Morgan fingerprint density at radius 3 is 2.79 bits per heavy atom. The largest absolute Gasteiger partial charge is 0.383 e. The molecule has 14 heavy (non-hydrogen) atoms. The molecule has 1 atom stereocenters. The molecule has 0 unspecified atom stereocenters. The maximum absolute atomic E-state index is 6.08. The molecular weight excluding hydrogens is 242 g/mol. The van der Waals surface area contributed by atoms with Crippen molar-refractivity contribution in [1.29, 1.82) is 0 Å². The third-order valence-electron chi connectivity index (χ3n) is 2.70. The van der Waals surface area contributed by atoms with E-state index in [1.165, 1.54) is 12.8 Å². The van der Waals surface area contributed by atoms with Gasteiger partial charge in [0.25, 0.3) is 0 Å². The summed E-state index contributed by atoms with van der Waals surface area (Å²) in [6.45, 7) is 1.92. The molecule has 1 fully saturated rings. The van der Waals surface area contributed by atoms with Crippen molar-refractivity contribution < 1.29 is 0 Å². The lowest BCUT2D eigenvalue weighted by atomic mass is 10.0. The second-order valence-corrected chi connectivity index (χ2v) is 4.75. The van der Waals surface area contributed by atoms with Crippen molar-refractivity contribution in [3.63, 3.8) is 0 Å². The fourth-order valence-corrected chi connectivity index (χ4v) is 1.93. The average Bonchev–Trinajstić information content (AvgIpc) is 2.93. The first kappa shape index (κ1) is 9.93. The topological polar surface area (TPSA) is 64.9 Å². The third-order valence-corrected chi connectivity index (χ3v) is 3.50. The smallest absolute Gasteiger partial charge is 0.128 e. The quantitative estimate of drug-likeness (QED) is 0.852. The number of hydrogen-bond donors (Lipinski definition) is 2. The number of nitrogen functional groups attached to an aromatic ring is 1. The monoisotopic (exact) mass is 255 g/mol. The second-order valence-electron chi connectivity index (χ2n) is 3.89. The van der Waals surface area contributed by atoms with Crippen LogP contribution >= 0.6 is 15.9 Å². The predicted molar refractivity (Wildman–Crippen MR) is 60.7 cm³/mol. The lowest BCUT2D eigenvalue weighted by molar-refractivity contribution is 0.632. The van der Waals surface area contributed by atoms with Crippen LogP contribution in [-0.4, -0.2) is 4.98 Å². The molecule has 2 rings (SSSR count). The van der Waals surface area contributed by atoms with Crippen molar-refractivity contribution in [2.24, 2.45) is 11.7 Å². The van der Waals surface area contributed by atoms with Gasteiger partial charge in [0.2, 0.25) is 0 Å². The van der Waals surface area contributed by atoms with Crippen molar-refractivity contribution >= 4 is 21.7 Å². The van der Waals surface area contributed by atoms with Crippen LogP contribution in [0.5, 0.6) is 0 Å². The van der Waals surface area contributed by atoms with Gasteiger partial charge in [-0.05, 0) is 47.7 Å². The van der Waals surface area contributed by atoms with Gasteiger partial charge in [-0.1, -0.05) is 0 Å². The fourth-order valence-electron chi connectivity index (χ4n) is 1.59. The van der Waals surface area contributed by atoms with Gasteiger partial charge in [0, 0.05) is 16.1 Å². The third kappa shape index (κ3) is 1.77. The van der Waals surface area contributed by atoms with Gasteiger partial charge < -0.3 is 11.5 Å². The Bertz CT molecular complexity index is 361. The predicted octanol–water partition coefficient (Wildman–Crippen LogP) is 2.14. The van der Waals surface area contributed by atoms with Gasteiger partial charge in [0.1, 0.15) is 5.82 Å². The number of aryl methyl sites for hydroxylation is 1. The Kier molecular flexibility index (Phi) is 2.49. The first-order valence-electron chi connectivity index (χ1n) is 4.77. The van der Waals surface area contributed by atoms with Gasteiger partial charge in [-0.3, -0.25) is 0 Å². The number of rotatable bonds is 2. The molecule has 3 nitrogen and oxygen atoms in total. The molecule has 0 aromatic carbocycles. The van der Waals surface area contributed by atoms with E-state index in [1.54, 1.807) is 0 Å². The number of halogens is 1. The van der Waals surface area contributed by atoms with Crippen LogP contribution in [0.25, 0.3) is 0 Å². The zero-order valence-corrected chi connectivity index (χ0v) is 9.71. The first-order chi connectivity index (χ1) is 6.59. The normalized spacial score (nSPS) is 18.2. The Morgan fingerprint density at radius 1 is 1.57 bits per heavy atom. The van der Waals surface area contributed by atoms with Crippen LogP contribution in [0.3, 0.4) is 0 Å². The lowest BCUT2D eigenvalue weighted by Gasteiger charge is -2.14. The van der Waals surface area contributed by atoms with Crippen LogP contribution in [0.15, 0.2) is 10.5 Å². The van der Waals surface area contributed by atoms with E-state index in [2.05, 4.69) is 20.9 Å². The van der Waals surface area contributed by atoms with Crippen molar-refractivity contribution in [2.75, 3.05) is 5.73 Å². The molecule has 1 aliphatic carbocycles. The van der Waals surface area contributed by atoms with E-state index < -0.39 is 0 Å². The Labute approximate surface area is 92.0 Å². The zero-order valence-electron chi connectivity index (χ0n) is 8.13. The Morgan fingerprint density at radius 2 is 2.21 bits per heavy atom. The number of pyridine rings is 1. The molecule has 4 heteroatoms. The summed E-state index contributed by atoms with van der Waals surface area (Å²) >= 11 is 3.44. The molecular formula is C10H14BrN3. The highest BCUT2D eigenvalue weighted by atomic mass is 79.9. The summed E-state index contributed by atoms with van der Waals surface area (Å²) < 4.78 is 0.984. The second kappa shape index (κ2) is 3.51. The van der Waals surface area contributed by atoms with E-state index in [-0.39, 0.29) is 6.04 Å². The van der Waals surface area contributed by atoms with E-state index in [4.69, 9.17) is 11.5 Å². The molecule has 0 amide bonds. The maximum atomic E-state index is 6.08. The maximum Gasteiger partial charge on any atom is 0.128 e. The molecule has 1 aliphatic rings. The van der Waals surface area contributed by atoms with Crippen LogP contribution in [0, 0.1) is 12.8 Å². The summed E-state index contributed by atoms with van der Waals surface area (Å²) in [7, 11) is 0. The number of aromatic nitrogens is 1. The Balaban J connectivity index is 2.36. The number of nitrogens with zero attached hydrogens (tertiary/aromatic N) is 1. The number of hydrogen-bond acceptors (Lipinski definition) is 3. The number of anilines is 1. The summed E-state index contributed by atoms with van der Waals surface area (Å²) in [5, 5.41) is 0. The minimum Gasteiger partial charge on any atom is -0.383 e. The van der Waals surface area contributed by atoms with E-state index in [9.17, 15) is 0 Å². The van der Waals surface area contributed by atoms with E-state index in [1.807, 2.05) is 13.0 Å². The van der Waals surface area contributed by atoms with Crippen LogP contribution in [-0.2, 0) is 0 Å². The molecule has 1 saturated carbocycles. The van der Waals surface area contributed by atoms with Crippen LogP contribution in [0.4, 0.5) is 5.82 Å². The average molecular weight is 256 g/mol. The molecule has 0 saturated heterocycles. The van der Waals surface area contributed by atoms with Crippen LogP contribution in [0.1, 0.15) is 30.1 Å². The first-order valence-corrected chi connectivity index (χ1v) is 5.57. The molecule has 0 aliphatic heterocycles. The summed E-state index contributed by atoms with van der Waals surface area (Å²) in [6.07, 6.45) is 2.43. The molecule has 0 radical (unpaired) electrons. The molecule has 4 N–H and O–H groups in total. The summed E-state index contributed by atoms with van der Waals surface area (Å²) in [6, 6.07) is 2.06. The van der Waals surface area contributed by atoms with Crippen LogP contribution < -0.4 is 11.5 Å². The fraction of sp³-hybridized carbons (Fsp3) is 0.500. The highest BCUT2D eigenvalue weighted by molar-refractivity contribution is 9.10. The van der Waals surface area contributed by atoms with Crippen molar-refractivity contribution in [2.45, 2.75) is 25.8 Å². The van der Waals surface area contributed by atoms with Gasteiger partial charge in [-0.2, -0.15) is 0 Å². The standard InChI is InChI=1S/C10H14BrN3/c1-5-8(11)4-7(10(13)14-5)9(12)6-2-3-6/h4,6,9H,2-3,12H2,1H3,(H2,13,14)/t9-/m1/s1. The van der Waals surface area contributed by atoms with E-state index in [0.717, 1.165) is 15.7 Å². The molecule has 0 bridgehead atoms. The molecule has 1 aromatic rings. The molecule has 1 heterocycles. The van der Waals surface area contributed by atoms with Crippen molar-refractivity contribution in [3.8, 4) is 0 Å². The van der Waals surface area contributed by atoms with Gasteiger partial charge >= 0.3 is 0 Å². The van der Waals surface area contributed by atoms with Gasteiger partial charge in [-0.25, -0.2) is 4.98 Å². The minimum absolute atomic E-state index is 0.0550. The molecule has 76 valence electrons. The highest BCUT2D eigenvalue weighted by Gasteiger charge is 2.31. The minimum atomic E-state index is 0.0550. The van der Waals surface area contributed by atoms with Gasteiger partial charge in [0.05, 0.1) is 5.69 Å². The lowest BCUT2D eigenvalue weighted by Crippen LogP contribution is -2.15. The van der Waals surface area contributed by atoms with Gasteiger partial charge in [0.15, 0.2) is 0 Å². The zero-order chi connectivity index (χ0) is 10.3. The highest BCUT2D eigenvalue weighted by Crippen LogP contribution is 2.41. The van der Waals surface area contributed by atoms with E-state index >= 15 is 0 Å². The van der Waals surface area contributed by atoms with E-state index in [0.29, 0.717) is 11.7 Å². The van der Waals surface area contributed by atoms with Crippen LogP contribution in [0.2, 0.25) is 0 Å². The van der Waals surface area contributed by atoms with Crippen molar-refractivity contribution in [3.05, 3.63) is 21.8 Å². The van der Waals surface area contributed by atoms with Crippen molar-refractivity contribution in [1.82, 2.24) is 4.98 Å². The summed E-state index contributed by atoms with van der Waals surface area (Å²) in [4.78, 5) is 4.26. The van der Waals surface area contributed by atoms with Gasteiger partial charge in [-0.15, -0.1) is 0 Å². The molecule has 1 aromatic heterocycles. The summed E-state index contributed by atoms with van der Waals surface area (Å²) in [5.74, 6) is 1.18.